The van der Waals surface area contributed by atoms with Crippen molar-refractivity contribution < 1.29 is 0 Å². The van der Waals surface area contributed by atoms with Crippen molar-refractivity contribution in [3.63, 3.8) is 0 Å². The Bertz CT molecular complexity index is 612. The molecule has 0 saturated carbocycles. The first kappa shape index (κ1) is 9.04. The molecular weight excluding hydrogens is 196 g/mol. The zero-order valence-corrected chi connectivity index (χ0v) is 8.67. The van der Waals surface area contributed by atoms with Gasteiger partial charge in [0.25, 0.3) is 0 Å². The summed E-state index contributed by atoms with van der Waals surface area (Å²) in [6.07, 6.45) is 3.63. The smallest absolute Gasteiger partial charge is 0.0964 e. The Morgan fingerprint density at radius 3 is 2.44 bits per heavy atom. The molecule has 2 heteroatoms. The molecule has 0 radical (unpaired) electrons. The van der Waals surface area contributed by atoms with Crippen LogP contribution in [-0.2, 0) is 0 Å². The van der Waals surface area contributed by atoms with Crippen LogP contribution in [0.3, 0.4) is 0 Å². The summed E-state index contributed by atoms with van der Waals surface area (Å²) in [4.78, 5) is 8.70. The molecular formula is C14H10N2. The average Bonchev–Trinajstić information content (AvgIpc) is 2.39. The highest BCUT2D eigenvalue weighted by Gasteiger charge is 2.03. The number of hydrogen-bond acceptors (Lipinski definition) is 2. The fraction of sp³-hybridized carbons (Fsp3) is 0. The molecule has 0 aliphatic rings. The number of rotatable bonds is 1. The van der Waals surface area contributed by atoms with Crippen LogP contribution in [0, 0.1) is 0 Å². The van der Waals surface area contributed by atoms with Crippen LogP contribution in [0.2, 0.25) is 0 Å². The fourth-order valence-electron chi connectivity index (χ4n) is 1.83. The molecule has 2 nitrogen and oxygen atoms in total. The highest BCUT2D eigenvalue weighted by molar-refractivity contribution is 5.90. The fourth-order valence-corrected chi connectivity index (χ4v) is 1.83. The van der Waals surface area contributed by atoms with Gasteiger partial charge in [0.2, 0.25) is 0 Å². The molecule has 0 atom stereocenters. The zero-order valence-electron chi connectivity index (χ0n) is 8.67. The summed E-state index contributed by atoms with van der Waals surface area (Å²) in [6.45, 7) is 0. The van der Waals surface area contributed by atoms with Crippen molar-refractivity contribution in [1.82, 2.24) is 9.97 Å². The Balaban J connectivity index is 2.32. The molecule has 2 heterocycles. The molecule has 0 aliphatic heterocycles. The third-order valence-electron chi connectivity index (χ3n) is 2.58. The molecule has 0 bridgehead atoms. The zero-order chi connectivity index (χ0) is 10.8. The second-order valence-corrected chi connectivity index (χ2v) is 3.60. The Hall–Kier alpha value is -2.22. The molecule has 0 unspecified atom stereocenters. The third kappa shape index (κ3) is 1.44. The van der Waals surface area contributed by atoms with Crippen LogP contribution in [0.1, 0.15) is 0 Å². The van der Waals surface area contributed by atoms with E-state index >= 15 is 0 Å². The van der Waals surface area contributed by atoms with E-state index in [0.717, 1.165) is 16.6 Å². The van der Waals surface area contributed by atoms with Crippen LogP contribution in [0.15, 0.2) is 60.9 Å². The van der Waals surface area contributed by atoms with E-state index in [2.05, 4.69) is 22.1 Å². The predicted molar refractivity (Wildman–Crippen MR) is 65.0 cm³/mol. The highest BCUT2D eigenvalue weighted by Crippen LogP contribution is 2.24. The normalized spacial score (nSPS) is 10.5. The number of pyridine rings is 2. The van der Waals surface area contributed by atoms with E-state index in [0.29, 0.717) is 0 Å². The van der Waals surface area contributed by atoms with Crippen LogP contribution in [-0.4, -0.2) is 9.97 Å². The van der Waals surface area contributed by atoms with E-state index in [1.165, 1.54) is 5.56 Å². The monoisotopic (exact) mass is 206 g/mol. The first-order valence-corrected chi connectivity index (χ1v) is 5.20. The SMILES string of the molecule is c1ccc(-c2ccnc3cccnc23)cc1. The summed E-state index contributed by atoms with van der Waals surface area (Å²) in [5.74, 6) is 0. The maximum atomic E-state index is 4.40. The van der Waals surface area contributed by atoms with Crippen molar-refractivity contribution in [2.24, 2.45) is 0 Å². The standard InChI is InChI=1S/C14H10N2/c1-2-5-11(6-3-1)12-8-10-15-13-7-4-9-16-14(12)13/h1-10H. The van der Waals surface area contributed by atoms with Gasteiger partial charge in [0.05, 0.1) is 11.0 Å². The van der Waals surface area contributed by atoms with Gasteiger partial charge in [0, 0.05) is 18.0 Å². The summed E-state index contributed by atoms with van der Waals surface area (Å²) >= 11 is 0. The van der Waals surface area contributed by atoms with Crippen molar-refractivity contribution >= 4 is 11.0 Å². The van der Waals surface area contributed by atoms with Crippen LogP contribution >= 0.6 is 0 Å². The minimum Gasteiger partial charge on any atom is -0.255 e. The summed E-state index contributed by atoms with van der Waals surface area (Å²) in [6, 6.07) is 16.1. The summed E-state index contributed by atoms with van der Waals surface area (Å²) in [5.41, 5.74) is 4.19. The lowest BCUT2D eigenvalue weighted by molar-refractivity contribution is 1.34. The van der Waals surface area contributed by atoms with Gasteiger partial charge in [-0.05, 0) is 23.8 Å². The van der Waals surface area contributed by atoms with Gasteiger partial charge in [-0.1, -0.05) is 30.3 Å². The van der Waals surface area contributed by atoms with Crippen molar-refractivity contribution in [3.05, 3.63) is 60.9 Å². The van der Waals surface area contributed by atoms with Crippen LogP contribution in [0.4, 0.5) is 0 Å². The Morgan fingerprint density at radius 1 is 0.688 bits per heavy atom. The molecule has 0 saturated heterocycles. The lowest BCUT2D eigenvalue weighted by Gasteiger charge is -2.04. The quantitative estimate of drug-likeness (QED) is 0.610. The number of benzene rings is 1. The van der Waals surface area contributed by atoms with Crippen molar-refractivity contribution in [1.29, 1.82) is 0 Å². The van der Waals surface area contributed by atoms with Gasteiger partial charge in [-0.2, -0.15) is 0 Å². The lowest BCUT2D eigenvalue weighted by atomic mass is 10.1. The number of hydrogen-bond donors (Lipinski definition) is 0. The second kappa shape index (κ2) is 3.74. The lowest BCUT2D eigenvalue weighted by Crippen LogP contribution is -1.86. The van der Waals surface area contributed by atoms with Gasteiger partial charge in [0.15, 0.2) is 0 Å². The van der Waals surface area contributed by atoms with Crippen molar-refractivity contribution in [2.75, 3.05) is 0 Å². The molecule has 0 fully saturated rings. The van der Waals surface area contributed by atoms with E-state index in [4.69, 9.17) is 0 Å². The minimum absolute atomic E-state index is 0.934. The first-order valence-electron chi connectivity index (χ1n) is 5.20. The number of fused-ring (bicyclic) bond motifs is 1. The molecule has 0 spiro atoms. The topological polar surface area (TPSA) is 25.8 Å². The van der Waals surface area contributed by atoms with Gasteiger partial charge < -0.3 is 0 Å². The van der Waals surface area contributed by atoms with E-state index in [1.54, 1.807) is 6.20 Å². The van der Waals surface area contributed by atoms with Crippen LogP contribution in [0.25, 0.3) is 22.2 Å². The van der Waals surface area contributed by atoms with Gasteiger partial charge in [0.1, 0.15) is 0 Å². The van der Waals surface area contributed by atoms with E-state index in [-0.39, 0.29) is 0 Å². The molecule has 3 rings (SSSR count). The van der Waals surface area contributed by atoms with Crippen molar-refractivity contribution in [2.45, 2.75) is 0 Å². The number of nitrogens with zero attached hydrogens (tertiary/aromatic N) is 2. The predicted octanol–water partition coefficient (Wildman–Crippen LogP) is 3.30. The molecule has 2 aromatic heterocycles. The summed E-state index contributed by atoms with van der Waals surface area (Å²) in [5, 5.41) is 0. The van der Waals surface area contributed by atoms with Gasteiger partial charge in [-0.15, -0.1) is 0 Å². The average molecular weight is 206 g/mol. The summed E-state index contributed by atoms with van der Waals surface area (Å²) in [7, 11) is 0. The molecule has 16 heavy (non-hydrogen) atoms. The summed E-state index contributed by atoms with van der Waals surface area (Å²) < 4.78 is 0. The minimum atomic E-state index is 0.934. The number of aromatic nitrogens is 2. The van der Waals surface area contributed by atoms with E-state index in [9.17, 15) is 0 Å². The Labute approximate surface area is 93.6 Å². The maximum absolute atomic E-state index is 4.40. The second-order valence-electron chi connectivity index (χ2n) is 3.60. The third-order valence-corrected chi connectivity index (χ3v) is 2.58. The van der Waals surface area contributed by atoms with E-state index in [1.807, 2.05) is 42.6 Å². The Morgan fingerprint density at radius 2 is 1.56 bits per heavy atom. The van der Waals surface area contributed by atoms with Crippen molar-refractivity contribution in [3.8, 4) is 11.1 Å². The Kier molecular flexibility index (Phi) is 2.11. The van der Waals surface area contributed by atoms with Crippen LogP contribution in [0.5, 0.6) is 0 Å². The van der Waals surface area contributed by atoms with Gasteiger partial charge in [-0.25, -0.2) is 0 Å². The molecule has 76 valence electrons. The highest BCUT2D eigenvalue weighted by atomic mass is 14.7. The van der Waals surface area contributed by atoms with Gasteiger partial charge in [-0.3, -0.25) is 9.97 Å². The van der Waals surface area contributed by atoms with E-state index < -0.39 is 0 Å². The van der Waals surface area contributed by atoms with Crippen LogP contribution < -0.4 is 0 Å². The molecule has 3 aromatic rings. The maximum Gasteiger partial charge on any atom is 0.0964 e. The molecule has 0 amide bonds. The molecule has 0 aliphatic carbocycles. The molecule has 1 aromatic carbocycles. The molecule has 0 N–H and O–H groups in total. The largest absolute Gasteiger partial charge is 0.255 e. The van der Waals surface area contributed by atoms with Gasteiger partial charge >= 0.3 is 0 Å². The first-order chi connectivity index (χ1) is 7.95.